The van der Waals surface area contributed by atoms with Crippen molar-refractivity contribution >= 4 is 23.2 Å². The van der Waals surface area contributed by atoms with E-state index in [0.717, 1.165) is 47.8 Å². The molecule has 0 unspecified atom stereocenters. The van der Waals surface area contributed by atoms with Crippen molar-refractivity contribution in [3.8, 4) is 11.5 Å². The second-order valence-corrected chi connectivity index (χ2v) is 8.73. The fourth-order valence-electron chi connectivity index (χ4n) is 4.86. The molecule has 2 heterocycles. The quantitative estimate of drug-likeness (QED) is 0.576. The van der Waals surface area contributed by atoms with Crippen LogP contribution in [0.25, 0.3) is 0 Å². The van der Waals surface area contributed by atoms with Crippen LogP contribution >= 0.6 is 0 Å². The number of carbonyl (C=O) groups excluding carboxylic acids is 2. The van der Waals surface area contributed by atoms with E-state index in [2.05, 4.69) is 16.3 Å². The Morgan fingerprint density at radius 3 is 2.56 bits per heavy atom. The molecule has 2 aliphatic heterocycles. The minimum atomic E-state index is -0.0999. The zero-order chi connectivity index (χ0) is 23.9. The van der Waals surface area contributed by atoms with Crippen LogP contribution in [0.1, 0.15) is 45.1 Å². The summed E-state index contributed by atoms with van der Waals surface area (Å²) in [5.74, 6) is 1.37. The predicted octanol–water partition coefficient (Wildman–Crippen LogP) is 3.94. The molecule has 2 aromatic rings. The Morgan fingerprint density at radius 1 is 1.00 bits per heavy atom. The summed E-state index contributed by atoms with van der Waals surface area (Å²) in [6.07, 6.45) is 3.35. The molecular weight excluding hydrogens is 430 g/mol. The van der Waals surface area contributed by atoms with Gasteiger partial charge < -0.3 is 24.6 Å². The van der Waals surface area contributed by atoms with Gasteiger partial charge in [0, 0.05) is 38.5 Å². The highest BCUT2D eigenvalue weighted by molar-refractivity contribution is 5.99. The number of para-hydroxylation sites is 2. The predicted molar refractivity (Wildman–Crippen MR) is 134 cm³/mol. The van der Waals surface area contributed by atoms with Crippen LogP contribution in [0.2, 0.25) is 0 Å². The van der Waals surface area contributed by atoms with Gasteiger partial charge in [-0.1, -0.05) is 18.2 Å². The van der Waals surface area contributed by atoms with Crippen molar-refractivity contribution in [1.29, 1.82) is 0 Å². The number of ether oxygens (including phenoxy) is 2. The minimum Gasteiger partial charge on any atom is -0.490 e. The smallest absolute Gasteiger partial charge is 0.227 e. The van der Waals surface area contributed by atoms with Gasteiger partial charge in [-0.25, -0.2) is 0 Å². The van der Waals surface area contributed by atoms with Crippen LogP contribution in [0.4, 0.5) is 11.4 Å². The number of fused-ring (bicyclic) bond motifs is 3. The van der Waals surface area contributed by atoms with Crippen molar-refractivity contribution in [3.05, 3.63) is 48.0 Å². The maximum absolute atomic E-state index is 13.0. The molecule has 1 fully saturated rings. The zero-order valence-electron chi connectivity index (χ0n) is 20.2. The molecule has 7 heteroatoms. The van der Waals surface area contributed by atoms with E-state index in [1.54, 1.807) is 0 Å². The third-order valence-corrected chi connectivity index (χ3v) is 6.46. The lowest BCUT2D eigenvalue weighted by Crippen LogP contribution is -2.48. The molecule has 0 radical (unpaired) electrons. The van der Waals surface area contributed by atoms with Crippen LogP contribution in [-0.2, 0) is 16.0 Å². The second-order valence-electron chi connectivity index (χ2n) is 8.73. The number of amides is 2. The summed E-state index contributed by atoms with van der Waals surface area (Å²) in [6, 6.07) is 14.3. The molecule has 2 amide bonds. The Labute approximate surface area is 202 Å². The largest absolute Gasteiger partial charge is 0.490 e. The van der Waals surface area contributed by atoms with Gasteiger partial charge in [-0.2, -0.15) is 0 Å². The maximum Gasteiger partial charge on any atom is 0.227 e. The third-order valence-electron chi connectivity index (χ3n) is 6.46. The van der Waals surface area contributed by atoms with Crippen molar-refractivity contribution in [2.24, 2.45) is 0 Å². The summed E-state index contributed by atoms with van der Waals surface area (Å²) in [6.45, 7) is 7.29. The molecule has 1 N–H and O–H groups in total. The summed E-state index contributed by atoms with van der Waals surface area (Å²) in [7, 11) is 0. The average Bonchev–Trinajstić information content (AvgIpc) is 3.33. The van der Waals surface area contributed by atoms with Crippen LogP contribution in [0, 0.1) is 0 Å². The summed E-state index contributed by atoms with van der Waals surface area (Å²) in [4.78, 5) is 29.8. The van der Waals surface area contributed by atoms with Crippen molar-refractivity contribution in [3.63, 3.8) is 0 Å². The molecule has 0 bridgehead atoms. The van der Waals surface area contributed by atoms with Gasteiger partial charge in [-0.3, -0.25) is 9.59 Å². The van der Waals surface area contributed by atoms with Gasteiger partial charge >= 0.3 is 0 Å². The molecule has 2 aromatic carbocycles. The SMILES string of the molecule is CCOc1ccc(CCNC(=O)CCC(=O)N2C[C@@H]3CCCN3c3ccccc32)cc1OCC. The molecule has 0 aromatic heterocycles. The number of benzene rings is 2. The Kier molecular flexibility index (Phi) is 7.93. The first kappa shape index (κ1) is 23.9. The molecular formula is C27H35N3O4. The normalized spacial score (nSPS) is 16.6. The Balaban J connectivity index is 1.26. The lowest BCUT2D eigenvalue weighted by Gasteiger charge is -2.40. The fraction of sp³-hybridized carbons (Fsp3) is 0.481. The van der Waals surface area contributed by atoms with E-state index >= 15 is 0 Å². The molecule has 1 saturated heterocycles. The fourth-order valence-corrected chi connectivity index (χ4v) is 4.86. The van der Waals surface area contributed by atoms with Crippen LogP contribution in [0.15, 0.2) is 42.5 Å². The van der Waals surface area contributed by atoms with Crippen LogP contribution < -0.4 is 24.6 Å². The Morgan fingerprint density at radius 2 is 1.76 bits per heavy atom. The number of nitrogens with zero attached hydrogens (tertiary/aromatic N) is 2. The highest BCUT2D eigenvalue weighted by Gasteiger charge is 2.35. The second kappa shape index (κ2) is 11.3. The van der Waals surface area contributed by atoms with E-state index in [-0.39, 0.29) is 24.7 Å². The van der Waals surface area contributed by atoms with E-state index in [1.165, 1.54) is 0 Å². The number of carbonyl (C=O) groups is 2. The first-order valence-corrected chi connectivity index (χ1v) is 12.4. The third kappa shape index (κ3) is 5.46. The lowest BCUT2D eigenvalue weighted by atomic mass is 10.1. The molecule has 7 nitrogen and oxygen atoms in total. The highest BCUT2D eigenvalue weighted by atomic mass is 16.5. The van der Waals surface area contributed by atoms with Gasteiger partial charge in [0.05, 0.1) is 24.6 Å². The zero-order valence-corrected chi connectivity index (χ0v) is 20.2. The Bertz CT molecular complexity index is 1010. The number of hydrogen-bond donors (Lipinski definition) is 1. The molecule has 4 rings (SSSR count). The number of rotatable bonds is 10. The summed E-state index contributed by atoms with van der Waals surface area (Å²) >= 11 is 0. The monoisotopic (exact) mass is 465 g/mol. The van der Waals surface area contributed by atoms with E-state index in [4.69, 9.17) is 9.47 Å². The lowest BCUT2D eigenvalue weighted by molar-refractivity contribution is -0.125. The standard InChI is InChI=1S/C27H35N3O4/c1-3-33-24-12-11-20(18-25(24)34-4-2)15-16-28-26(31)13-14-27(32)30-19-21-8-7-17-29(21)22-9-5-6-10-23(22)30/h5-6,9-12,18,21H,3-4,7-8,13-17,19H2,1-2H3,(H,28,31)/t21-/m0/s1. The van der Waals surface area contributed by atoms with Crippen molar-refractivity contribution in [2.45, 2.75) is 52.0 Å². The van der Waals surface area contributed by atoms with Crippen molar-refractivity contribution in [1.82, 2.24) is 5.32 Å². The molecule has 34 heavy (non-hydrogen) atoms. The molecule has 0 saturated carbocycles. The molecule has 0 aliphatic carbocycles. The number of hydrogen-bond acceptors (Lipinski definition) is 5. The van der Waals surface area contributed by atoms with E-state index in [0.29, 0.717) is 38.8 Å². The summed E-state index contributed by atoms with van der Waals surface area (Å²) in [5, 5.41) is 2.95. The Hall–Kier alpha value is -3.22. The molecule has 2 aliphatic rings. The van der Waals surface area contributed by atoms with Crippen LogP contribution in [-0.4, -0.2) is 50.7 Å². The van der Waals surface area contributed by atoms with Gasteiger partial charge in [0.15, 0.2) is 11.5 Å². The van der Waals surface area contributed by atoms with Gasteiger partial charge in [-0.05, 0) is 62.9 Å². The first-order chi connectivity index (χ1) is 16.6. The van der Waals surface area contributed by atoms with Gasteiger partial charge in [-0.15, -0.1) is 0 Å². The number of anilines is 2. The molecule has 0 spiro atoms. The van der Waals surface area contributed by atoms with Gasteiger partial charge in [0.2, 0.25) is 11.8 Å². The van der Waals surface area contributed by atoms with Crippen LogP contribution in [0.5, 0.6) is 11.5 Å². The van der Waals surface area contributed by atoms with Gasteiger partial charge in [0.25, 0.3) is 0 Å². The topological polar surface area (TPSA) is 71.1 Å². The first-order valence-electron chi connectivity index (χ1n) is 12.4. The highest BCUT2D eigenvalue weighted by Crippen LogP contribution is 2.39. The van der Waals surface area contributed by atoms with E-state index < -0.39 is 0 Å². The van der Waals surface area contributed by atoms with E-state index in [9.17, 15) is 9.59 Å². The molecule has 1 atom stereocenters. The van der Waals surface area contributed by atoms with Crippen LogP contribution in [0.3, 0.4) is 0 Å². The molecule has 182 valence electrons. The summed E-state index contributed by atoms with van der Waals surface area (Å²) < 4.78 is 11.3. The average molecular weight is 466 g/mol. The van der Waals surface area contributed by atoms with E-state index in [1.807, 2.05) is 55.1 Å². The van der Waals surface area contributed by atoms with Crippen molar-refractivity contribution in [2.75, 3.05) is 42.6 Å². The number of nitrogens with one attached hydrogen (secondary N) is 1. The minimum absolute atomic E-state index is 0.0158. The maximum atomic E-state index is 13.0. The van der Waals surface area contributed by atoms with Crippen molar-refractivity contribution < 1.29 is 19.1 Å². The van der Waals surface area contributed by atoms with Gasteiger partial charge in [0.1, 0.15) is 0 Å². The summed E-state index contributed by atoms with van der Waals surface area (Å²) in [5.41, 5.74) is 3.16.